The molecule has 0 aromatic heterocycles. The fourth-order valence-corrected chi connectivity index (χ4v) is 3.18. The predicted octanol–water partition coefficient (Wildman–Crippen LogP) is 0.606. The molecule has 1 aliphatic rings. The maximum atomic E-state index is 11.7. The molecule has 0 saturated carbocycles. The normalized spacial score (nSPS) is 26.5. The van der Waals surface area contributed by atoms with Gasteiger partial charge < -0.3 is 32.7 Å². The van der Waals surface area contributed by atoms with Crippen LogP contribution in [0.4, 0.5) is 0 Å². The van der Waals surface area contributed by atoms with Gasteiger partial charge >= 0.3 is 32.5 Å². The van der Waals surface area contributed by atoms with Crippen LogP contribution >= 0.6 is 8.60 Å². The van der Waals surface area contributed by atoms with E-state index < -0.39 is 63.2 Å². The Morgan fingerprint density at radius 3 is 1.69 bits per heavy atom. The second-order valence-corrected chi connectivity index (χ2v) is 7.15. The minimum Gasteiger partial charge on any atom is -0.463 e. The van der Waals surface area contributed by atoms with Crippen molar-refractivity contribution >= 4 is 32.5 Å². The third kappa shape index (κ3) is 8.19. The molecule has 12 nitrogen and oxygen atoms in total. The van der Waals surface area contributed by atoms with E-state index in [1.54, 1.807) is 0 Å². The lowest BCUT2D eigenvalue weighted by Crippen LogP contribution is -2.62. The monoisotopic (exact) mass is 440 g/mol. The van der Waals surface area contributed by atoms with E-state index in [0.717, 1.165) is 20.8 Å². The average Bonchev–Trinajstić information content (AvgIpc) is 2.61. The molecule has 0 amide bonds. The largest absolute Gasteiger partial charge is 0.463 e. The molecule has 0 unspecified atom stereocenters. The number of hydrogen-bond donors (Lipinski definition) is 0. The molecule has 1 aliphatic heterocycles. The molecule has 1 rings (SSSR count). The molecular weight excluding hydrogens is 415 g/mol. The fourth-order valence-electron chi connectivity index (χ4n) is 2.52. The van der Waals surface area contributed by atoms with E-state index in [-0.39, 0.29) is 6.61 Å². The van der Waals surface area contributed by atoms with Crippen LogP contribution in [0.1, 0.15) is 27.7 Å². The van der Waals surface area contributed by atoms with Gasteiger partial charge in [0.15, 0.2) is 18.3 Å². The summed E-state index contributed by atoms with van der Waals surface area (Å²) in [5, 5.41) is 0. The Morgan fingerprint density at radius 2 is 1.24 bits per heavy atom. The third-order valence-corrected chi connectivity index (χ3v) is 4.41. The molecule has 0 aromatic rings. The van der Waals surface area contributed by atoms with Crippen LogP contribution in [0, 0.1) is 0 Å². The highest BCUT2D eigenvalue weighted by Gasteiger charge is 2.53. The summed E-state index contributed by atoms with van der Waals surface area (Å²) in [6.45, 7) is 4.21. The number of carbonyl (C=O) groups excluding carboxylic acids is 4. The Hall–Kier alpha value is -1.85. The summed E-state index contributed by atoms with van der Waals surface area (Å²) in [6.07, 6.45) is -6.35. The van der Waals surface area contributed by atoms with Gasteiger partial charge in [0.2, 0.25) is 6.29 Å². The Labute approximate surface area is 169 Å². The van der Waals surface area contributed by atoms with Crippen molar-refractivity contribution in [1.29, 1.82) is 0 Å². The molecule has 1 heterocycles. The van der Waals surface area contributed by atoms with Gasteiger partial charge in [0.25, 0.3) is 0 Å². The van der Waals surface area contributed by atoms with Gasteiger partial charge in [-0.05, 0) is 0 Å². The number of carbonyl (C=O) groups is 4. The van der Waals surface area contributed by atoms with Crippen LogP contribution in [0.3, 0.4) is 0 Å². The summed E-state index contributed by atoms with van der Waals surface area (Å²) in [5.41, 5.74) is 0. The summed E-state index contributed by atoms with van der Waals surface area (Å²) in [6, 6.07) is 0. The lowest BCUT2D eigenvalue weighted by molar-refractivity contribution is -0.290. The van der Waals surface area contributed by atoms with Crippen LogP contribution in [0.25, 0.3) is 0 Å². The van der Waals surface area contributed by atoms with Gasteiger partial charge in [-0.3, -0.25) is 23.7 Å². The fraction of sp³-hybridized carbons (Fsp3) is 0.750. The smallest absolute Gasteiger partial charge is 0.334 e. The molecule has 1 saturated heterocycles. The van der Waals surface area contributed by atoms with Crippen LogP contribution in [-0.4, -0.2) is 75.4 Å². The number of rotatable bonds is 9. The molecule has 0 radical (unpaired) electrons. The second-order valence-electron chi connectivity index (χ2n) is 5.76. The summed E-state index contributed by atoms with van der Waals surface area (Å²) < 4.78 is 42.0. The van der Waals surface area contributed by atoms with Gasteiger partial charge in [-0.15, -0.1) is 0 Å². The molecule has 0 N–H and O–H groups in total. The minimum absolute atomic E-state index is 0.352. The molecule has 0 bridgehead atoms. The van der Waals surface area contributed by atoms with E-state index in [0.29, 0.717) is 0 Å². The molecule has 5 atom stereocenters. The van der Waals surface area contributed by atoms with Crippen LogP contribution in [0.15, 0.2) is 0 Å². The number of hydrogen-bond acceptors (Lipinski definition) is 12. The first-order valence-corrected chi connectivity index (χ1v) is 9.54. The van der Waals surface area contributed by atoms with Crippen molar-refractivity contribution < 1.29 is 56.4 Å². The second kappa shape index (κ2) is 12.0. The van der Waals surface area contributed by atoms with E-state index in [1.807, 2.05) is 0 Å². The van der Waals surface area contributed by atoms with Crippen molar-refractivity contribution in [3.05, 3.63) is 0 Å². The molecular formula is C16H25O12P. The Balaban J connectivity index is 3.31. The van der Waals surface area contributed by atoms with Gasteiger partial charge in [-0.25, -0.2) is 0 Å². The zero-order valence-electron chi connectivity index (χ0n) is 16.9. The highest BCUT2D eigenvalue weighted by molar-refractivity contribution is 7.41. The van der Waals surface area contributed by atoms with Crippen molar-refractivity contribution in [2.45, 2.75) is 58.4 Å². The lowest BCUT2D eigenvalue weighted by Gasteiger charge is -2.44. The maximum absolute atomic E-state index is 11.7. The van der Waals surface area contributed by atoms with E-state index in [1.165, 1.54) is 21.1 Å². The molecule has 1 fully saturated rings. The third-order valence-electron chi connectivity index (χ3n) is 3.44. The van der Waals surface area contributed by atoms with Crippen LogP contribution in [-0.2, 0) is 56.4 Å². The van der Waals surface area contributed by atoms with E-state index >= 15 is 0 Å². The quantitative estimate of drug-likeness (QED) is 0.281. The van der Waals surface area contributed by atoms with Crippen molar-refractivity contribution in [2.24, 2.45) is 0 Å². The molecule has 166 valence electrons. The first-order valence-electron chi connectivity index (χ1n) is 8.44. The van der Waals surface area contributed by atoms with E-state index in [4.69, 9.17) is 37.3 Å². The zero-order chi connectivity index (χ0) is 22.1. The maximum Gasteiger partial charge on any atom is 0.334 e. The molecule has 29 heavy (non-hydrogen) atoms. The average molecular weight is 440 g/mol. The first kappa shape index (κ1) is 25.2. The van der Waals surface area contributed by atoms with Gasteiger partial charge in [-0.2, -0.15) is 0 Å². The highest BCUT2D eigenvalue weighted by Crippen LogP contribution is 2.42. The standard InChI is InChI=1S/C16H25O12P/c1-8(17)23-7-12-13(24-9(2)18)14(25-10(3)19)15(26-11(4)20)16(27-12)28-29(21-5)22-6/h12-16H,7H2,1-6H3/t12-,13-,14+,15-,16-/m1/s1. The minimum atomic E-state index is -1.91. The number of esters is 4. The van der Waals surface area contributed by atoms with Crippen molar-refractivity contribution in [1.82, 2.24) is 0 Å². The van der Waals surface area contributed by atoms with Crippen molar-refractivity contribution in [3.8, 4) is 0 Å². The topological polar surface area (TPSA) is 142 Å². The van der Waals surface area contributed by atoms with Gasteiger partial charge in [0, 0.05) is 41.9 Å². The summed E-state index contributed by atoms with van der Waals surface area (Å²) in [5.74, 6) is -2.81. The zero-order valence-corrected chi connectivity index (χ0v) is 17.8. The van der Waals surface area contributed by atoms with Crippen LogP contribution < -0.4 is 0 Å². The lowest BCUT2D eigenvalue weighted by atomic mass is 9.98. The molecule has 13 heteroatoms. The van der Waals surface area contributed by atoms with E-state index in [2.05, 4.69) is 0 Å². The van der Waals surface area contributed by atoms with Gasteiger partial charge in [0.05, 0.1) is 0 Å². The number of ether oxygens (including phenoxy) is 5. The van der Waals surface area contributed by atoms with Gasteiger partial charge in [0.1, 0.15) is 12.7 Å². The highest BCUT2D eigenvalue weighted by atomic mass is 31.2. The molecule has 0 aromatic carbocycles. The molecule has 0 aliphatic carbocycles. The predicted molar refractivity (Wildman–Crippen MR) is 94.0 cm³/mol. The SMILES string of the molecule is COP(OC)O[C@H]1O[C@H](COC(C)=O)[C@@H](OC(C)=O)[C@H](OC(C)=O)[C@H]1OC(C)=O. The van der Waals surface area contributed by atoms with E-state index in [9.17, 15) is 19.2 Å². The Morgan fingerprint density at radius 1 is 0.759 bits per heavy atom. The summed E-state index contributed by atoms with van der Waals surface area (Å²) in [7, 11) is 0.726. The Kier molecular flexibility index (Phi) is 10.4. The molecule has 0 spiro atoms. The van der Waals surface area contributed by atoms with Crippen molar-refractivity contribution in [3.63, 3.8) is 0 Å². The summed E-state index contributed by atoms with van der Waals surface area (Å²) >= 11 is 0. The van der Waals surface area contributed by atoms with Crippen LogP contribution in [0.2, 0.25) is 0 Å². The van der Waals surface area contributed by atoms with Crippen molar-refractivity contribution in [2.75, 3.05) is 20.8 Å². The first-order chi connectivity index (χ1) is 13.6. The van der Waals surface area contributed by atoms with Gasteiger partial charge in [-0.1, -0.05) is 0 Å². The Bertz CT molecular complexity index is 592. The van der Waals surface area contributed by atoms with Crippen LogP contribution in [0.5, 0.6) is 0 Å². The summed E-state index contributed by atoms with van der Waals surface area (Å²) in [4.78, 5) is 46.1.